The van der Waals surface area contributed by atoms with Crippen molar-refractivity contribution in [3.8, 4) is 0 Å². The van der Waals surface area contributed by atoms with Crippen molar-refractivity contribution in [2.45, 2.75) is 71.3 Å². The summed E-state index contributed by atoms with van der Waals surface area (Å²) in [5.41, 5.74) is 3.30. The summed E-state index contributed by atoms with van der Waals surface area (Å²) >= 11 is 11.9. The summed E-state index contributed by atoms with van der Waals surface area (Å²) in [6, 6.07) is 8.09. The van der Waals surface area contributed by atoms with Crippen molar-refractivity contribution in [3.05, 3.63) is 41.6 Å². The number of piperidine rings is 1. The van der Waals surface area contributed by atoms with E-state index in [2.05, 4.69) is 30.1 Å². The minimum Gasteiger partial charge on any atom is -0.462 e. The molecule has 1 saturated heterocycles. The average Bonchev–Trinajstić information content (AvgIpc) is 3.20. The number of halogens is 2. The highest BCUT2D eigenvalue weighted by Crippen LogP contribution is 2.64. The molecule has 1 heterocycles. The zero-order chi connectivity index (χ0) is 26.2. The number of nitrogens with one attached hydrogen (secondary N) is 1. The van der Waals surface area contributed by atoms with Crippen molar-refractivity contribution in [1.29, 1.82) is 0 Å². The molecule has 0 radical (unpaired) electrons. The highest BCUT2D eigenvalue weighted by atomic mass is 35.5. The number of benzene rings is 1. The van der Waals surface area contributed by atoms with Crippen LogP contribution in [0.25, 0.3) is 0 Å². The lowest BCUT2D eigenvalue weighted by molar-refractivity contribution is -0.158. The van der Waals surface area contributed by atoms with E-state index in [1.807, 2.05) is 24.3 Å². The van der Waals surface area contributed by atoms with Crippen LogP contribution in [0, 0.1) is 28.6 Å². The monoisotopic (exact) mass is 546 g/mol. The molecule has 0 bridgehead atoms. The molecule has 1 aromatic rings. The number of ether oxygens (including phenoxy) is 1. The topological polar surface area (TPSA) is 58.6 Å². The molecule has 6 atom stereocenters. The third-order valence-electron chi connectivity index (χ3n) is 10.2. The smallest absolute Gasteiger partial charge is 0.310 e. The molecule has 3 fully saturated rings. The lowest BCUT2D eigenvalue weighted by Crippen LogP contribution is -2.54. The number of fused-ring (bicyclic) bond motifs is 5. The number of carbonyl (C=O) groups is 2. The van der Waals surface area contributed by atoms with Gasteiger partial charge < -0.3 is 15.0 Å². The van der Waals surface area contributed by atoms with Gasteiger partial charge in [-0.05, 0) is 74.0 Å². The molecule has 7 heteroatoms. The summed E-state index contributed by atoms with van der Waals surface area (Å²) in [4.78, 5) is 27.2. The highest BCUT2D eigenvalue weighted by Gasteiger charge is 2.59. The Morgan fingerprint density at radius 3 is 2.49 bits per heavy atom. The van der Waals surface area contributed by atoms with E-state index < -0.39 is 0 Å². The van der Waals surface area contributed by atoms with Gasteiger partial charge in [0.1, 0.15) is 6.10 Å². The number of hydrogen-bond acceptors (Lipinski definition) is 4. The number of nitrogens with zero attached hydrogens (tertiary/aromatic N) is 1. The number of carbonyl (C=O) groups excluding carboxylic acids is 2. The first-order valence-corrected chi connectivity index (χ1v) is 15.0. The van der Waals surface area contributed by atoms with Crippen LogP contribution in [0.1, 0.15) is 64.4 Å². The van der Waals surface area contributed by atoms with E-state index in [0.29, 0.717) is 42.4 Å². The van der Waals surface area contributed by atoms with Crippen molar-refractivity contribution in [1.82, 2.24) is 5.32 Å². The van der Waals surface area contributed by atoms with Crippen LogP contribution in [-0.2, 0) is 20.7 Å². The lowest BCUT2D eigenvalue weighted by atomic mass is 9.50. The van der Waals surface area contributed by atoms with Gasteiger partial charge in [-0.3, -0.25) is 9.59 Å². The van der Waals surface area contributed by atoms with E-state index in [4.69, 9.17) is 27.9 Å². The molecule has 0 aromatic heterocycles. The van der Waals surface area contributed by atoms with Gasteiger partial charge in [0.2, 0.25) is 5.91 Å². The van der Waals surface area contributed by atoms with Crippen LogP contribution in [0.15, 0.2) is 36.0 Å². The Hall–Kier alpha value is -1.72. The molecule has 3 aliphatic carbocycles. The van der Waals surface area contributed by atoms with Crippen LogP contribution in [-0.4, -0.2) is 42.8 Å². The van der Waals surface area contributed by atoms with Crippen LogP contribution < -0.4 is 10.2 Å². The Balaban J connectivity index is 1.22. The first-order chi connectivity index (χ1) is 17.8. The SMILES string of the molecule is CC12CCC(=O)NC1=CCC1C2CCC2(C)C(OC(=O)Cc3ccc(N(CCCl)CCCl)cc3)CCC12. The minimum absolute atomic E-state index is 0.0163. The molecule has 0 spiro atoms. The molecule has 5 rings (SSSR count). The number of allylic oxidation sites excluding steroid dienone is 2. The first kappa shape index (κ1) is 26.9. The van der Waals surface area contributed by atoms with Gasteiger partial charge in [-0.1, -0.05) is 32.1 Å². The maximum Gasteiger partial charge on any atom is 0.310 e. The van der Waals surface area contributed by atoms with Gasteiger partial charge in [0.25, 0.3) is 0 Å². The van der Waals surface area contributed by atoms with Crippen LogP contribution in [0.5, 0.6) is 0 Å². The van der Waals surface area contributed by atoms with E-state index >= 15 is 0 Å². The summed E-state index contributed by atoms with van der Waals surface area (Å²) in [6.45, 7) is 6.20. The second-order valence-corrected chi connectivity index (χ2v) is 12.8. The maximum atomic E-state index is 13.0. The predicted molar refractivity (Wildman–Crippen MR) is 149 cm³/mol. The fraction of sp³-hybridized carbons (Fsp3) is 0.667. The second-order valence-electron chi connectivity index (χ2n) is 12.0. The van der Waals surface area contributed by atoms with Crippen molar-refractivity contribution in [2.75, 3.05) is 29.7 Å². The van der Waals surface area contributed by atoms with Crippen LogP contribution in [0.3, 0.4) is 0 Å². The molecular weight excluding hydrogens is 507 g/mol. The molecule has 1 aromatic carbocycles. The molecule has 202 valence electrons. The fourth-order valence-corrected chi connectivity index (χ4v) is 8.51. The summed E-state index contributed by atoms with van der Waals surface area (Å²) < 4.78 is 6.21. The third kappa shape index (κ3) is 5.03. The van der Waals surface area contributed by atoms with Crippen LogP contribution in [0.4, 0.5) is 5.69 Å². The molecule has 37 heavy (non-hydrogen) atoms. The lowest BCUT2D eigenvalue weighted by Gasteiger charge is -2.56. The van der Waals surface area contributed by atoms with Gasteiger partial charge in [0, 0.05) is 53.5 Å². The molecule has 1 N–H and O–H groups in total. The highest BCUT2D eigenvalue weighted by molar-refractivity contribution is 6.18. The van der Waals surface area contributed by atoms with Gasteiger partial charge >= 0.3 is 5.97 Å². The van der Waals surface area contributed by atoms with Gasteiger partial charge in [-0.15, -0.1) is 23.2 Å². The Morgan fingerprint density at radius 1 is 1.05 bits per heavy atom. The second kappa shape index (κ2) is 10.8. The summed E-state index contributed by atoms with van der Waals surface area (Å²) in [7, 11) is 0. The summed E-state index contributed by atoms with van der Waals surface area (Å²) in [6.07, 6.45) is 9.45. The predicted octanol–water partition coefficient (Wildman–Crippen LogP) is 6.07. The normalized spacial score (nSPS) is 34.5. The molecule has 1 aliphatic heterocycles. The number of anilines is 1. The van der Waals surface area contributed by atoms with Crippen molar-refractivity contribution < 1.29 is 14.3 Å². The third-order valence-corrected chi connectivity index (χ3v) is 10.5. The number of rotatable bonds is 8. The maximum absolute atomic E-state index is 13.0. The minimum atomic E-state index is -0.132. The van der Waals surface area contributed by atoms with E-state index in [-0.39, 0.29) is 28.8 Å². The Labute approximate surface area is 231 Å². The van der Waals surface area contributed by atoms with Gasteiger partial charge in [-0.25, -0.2) is 0 Å². The van der Waals surface area contributed by atoms with E-state index in [0.717, 1.165) is 68.6 Å². The quantitative estimate of drug-likeness (QED) is 0.317. The molecular formula is C30H40Cl2N2O3. The largest absolute Gasteiger partial charge is 0.462 e. The van der Waals surface area contributed by atoms with Crippen LogP contribution >= 0.6 is 23.2 Å². The van der Waals surface area contributed by atoms with Gasteiger partial charge in [0.05, 0.1) is 6.42 Å². The Bertz CT molecular complexity index is 1040. The van der Waals surface area contributed by atoms with Gasteiger partial charge in [-0.2, -0.15) is 0 Å². The van der Waals surface area contributed by atoms with Crippen LogP contribution in [0.2, 0.25) is 0 Å². The molecule has 5 nitrogen and oxygen atoms in total. The first-order valence-electron chi connectivity index (χ1n) is 13.9. The van der Waals surface area contributed by atoms with Gasteiger partial charge in [0.15, 0.2) is 0 Å². The summed E-state index contributed by atoms with van der Waals surface area (Å²) in [5.74, 6) is 2.87. The zero-order valence-electron chi connectivity index (χ0n) is 22.1. The molecule has 2 saturated carbocycles. The number of amides is 1. The van der Waals surface area contributed by atoms with Crippen molar-refractivity contribution >= 4 is 40.8 Å². The van der Waals surface area contributed by atoms with Crippen molar-refractivity contribution in [2.24, 2.45) is 28.6 Å². The Kier molecular flexibility index (Phi) is 7.85. The average molecular weight is 548 g/mol. The van der Waals surface area contributed by atoms with E-state index in [9.17, 15) is 9.59 Å². The number of alkyl halides is 2. The Morgan fingerprint density at radius 2 is 1.78 bits per heavy atom. The summed E-state index contributed by atoms with van der Waals surface area (Å²) in [5, 5.41) is 3.18. The van der Waals surface area contributed by atoms with Crippen molar-refractivity contribution in [3.63, 3.8) is 0 Å². The fourth-order valence-electron chi connectivity index (χ4n) is 8.11. The standard InChI is InChI=1S/C30H40Cl2N2O3/c1-29-14-12-27(35)33-25(29)9-7-22-23-8-10-26(30(23,2)13-11-24(22)29)37-28(36)19-20-3-5-21(6-4-20)34(17-15-31)18-16-32/h3-6,9,22-24,26H,7-8,10-19H2,1-2H3,(H,33,35). The molecule has 4 aliphatic rings. The number of esters is 1. The molecule has 6 unspecified atom stereocenters. The van der Waals surface area contributed by atoms with E-state index in [1.165, 1.54) is 0 Å². The van der Waals surface area contributed by atoms with E-state index in [1.54, 1.807) is 0 Å². The number of hydrogen-bond donors (Lipinski definition) is 1. The molecule has 1 amide bonds. The zero-order valence-corrected chi connectivity index (χ0v) is 23.6.